The molecular formula is C17H28NO2S. The van der Waals surface area contributed by atoms with Crippen molar-refractivity contribution in [3.63, 3.8) is 0 Å². The predicted octanol–water partition coefficient (Wildman–Crippen LogP) is 4.40. The van der Waals surface area contributed by atoms with Crippen LogP contribution in [0.3, 0.4) is 0 Å². The first-order chi connectivity index (χ1) is 10.3. The number of hydrogen-bond donors (Lipinski definition) is 0. The summed E-state index contributed by atoms with van der Waals surface area (Å²) in [5.41, 5.74) is 0. The van der Waals surface area contributed by atoms with Crippen molar-refractivity contribution < 1.29 is 9.59 Å². The van der Waals surface area contributed by atoms with Gasteiger partial charge in [-0.25, -0.2) is 0 Å². The molecule has 119 valence electrons. The Bertz CT molecular complexity index is 324. The molecule has 0 aromatic rings. The van der Waals surface area contributed by atoms with Gasteiger partial charge in [0.1, 0.15) is 0 Å². The van der Waals surface area contributed by atoms with E-state index in [1.54, 1.807) is 0 Å². The average Bonchev–Trinajstić information content (AvgIpc) is 2.80. The van der Waals surface area contributed by atoms with E-state index in [1.807, 2.05) is 0 Å². The van der Waals surface area contributed by atoms with Crippen molar-refractivity contribution in [2.75, 3.05) is 12.3 Å². The lowest BCUT2D eigenvalue weighted by atomic mass is 10.1. The number of imide groups is 1. The van der Waals surface area contributed by atoms with Gasteiger partial charge in [0.05, 0.1) is 0 Å². The molecule has 1 rings (SSSR count). The molecule has 21 heavy (non-hydrogen) atoms. The molecule has 1 aliphatic heterocycles. The third-order valence-electron chi connectivity index (χ3n) is 3.93. The van der Waals surface area contributed by atoms with E-state index in [4.69, 9.17) is 12.6 Å². The van der Waals surface area contributed by atoms with Crippen LogP contribution < -0.4 is 0 Å². The molecule has 2 amide bonds. The Morgan fingerprint density at radius 1 is 0.667 bits per heavy atom. The highest BCUT2D eigenvalue weighted by atomic mass is 32.1. The van der Waals surface area contributed by atoms with Gasteiger partial charge in [-0.05, 0) is 12.8 Å². The van der Waals surface area contributed by atoms with E-state index in [-0.39, 0.29) is 11.8 Å². The zero-order valence-corrected chi connectivity index (χ0v) is 13.8. The lowest BCUT2D eigenvalue weighted by molar-refractivity contribution is -0.136. The van der Waals surface area contributed by atoms with Gasteiger partial charge >= 0.3 is 0 Å². The molecule has 0 aliphatic carbocycles. The van der Waals surface area contributed by atoms with E-state index in [9.17, 15) is 9.59 Å². The highest BCUT2D eigenvalue weighted by molar-refractivity contribution is 7.80. The van der Waals surface area contributed by atoms with Crippen molar-refractivity contribution in [1.82, 2.24) is 4.90 Å². The predicted molar refractivity (Wildman–Crippen MR) is 89.1 cm³/mol. The maximum atomic E-state index is 11.3. The first kappa shape index (κ1) is 18.3. The van der Waals surface area contributed by atoms with Crippen LogP contribution in [-0.2, 0) is 9.59 Å². The van der Waals surface area contributed by atoms with Crippen molar-refractivity contribution in [3.8, 4) is 0 Å². The van der Waals surface area contributed by atoms with E-state index in [0.717, 1.165) is 18.6 Å². The molecule has 0 aromatic heterocycles. The Morgan fingerprint density at radius 3 is 1.48 bits per heavy atom. The standard InChI is InChI=1S/C17H28NO2S/c19-16-12-13-17(20)18(16)14-10-8-6-4-2-1-3-5-7-9-11-15-21/h12-13H,1-11,14-15H2. The minimum atomic E-state index is -0.156. The minimum Gasteiger partial charge on any atom is -0.275 e. The molecule has 0 fully saturated rings. The molecule has 0 spiro atoms. The summed E-state index contributed by atoms with van der Waals surface area (Å²) in [6.07, 6.45) is 16.4. The van der Waals surface area contributed by atoms with Crippen LogP contribution in [0.2, 0.25) is 0 Å². The summed E-state index contributed by atoms with van der Waals surface area (Å²) in [7, 11) is 0. The second-order valence-corrected chi connectivity index (χ2v) is 6.16. The molecule has 0 saturated carbocycles. The van der Waals surface area contributed by atoms with Gasteiger partial charge < -0.3 is 0 Å². The van der Waals surface area contributed by atoms with Crippen LogP contribution in [0.1, 0.15) is 70.6 Å². The van der Waals surface area contributed by atoms with Gasteiger partial charge in [-0.2, -0.15) is 0 Å². The Morgan fingerprint density at radius 2 is 1.05 bits per heavy atom. The number of hydrogen-bond acceptors (Lipinski definition) is 2. The second-order valence-electron chi connectivity index (χ2n) is 5.75. The Labute approximate surface area is 134 Å². The van der Waals surface area contributed by atoms with Crippen LogP contribution >= 0.6 is 12.6 Å². The SMILES string of the molecule is O=C1C=CC(=O)N1CCCCCCCCCCCCC[S]. The summed E-state index contributed by atoms with van der Waals surface area (Å²) in [6, 6.07) is 0. The van der Waals surface area contributed by atoms with E-state index in [2.05, 4.69) is 0 Å². The quantitative estimate of drug-likeness (QED) is 0.373. The van der Waals surface area contributed by atoms with Crippen molar-refractivity contribution in [2.45, 2.75) is 70.6 Å². The number of unbranched alkanes of at least 4 members (excludes halogenated alkanes) is 10. The van der Waals surface area contributed by atoms with Gasteiger partial charge in [-0.1, -0.05) is 70.4 Å². The van der Waals surface area contributed by atoms with Crippen LogP contribution in [0, 0.1) is 0 Å². The lowest BCUT2D eigenvalue weighted by Gasteiger charge is -2.12. The van der Waals surface area contributed by atoms with E-state index >= 15 is 0 Å². The van der Waals surface area contributed by atoms with Crippen molar-refractivity contribution in [2.24, 2.45) is 0 Å². The summed E-state index contributed by atoms with van der Waals surface area (Å²) in [5, 5.41) is 0. The second kappa shape index (κ2) is 11.8. The highest BCUT2D eigenvalue weighted by Crippen LogP contribution is 2.12. The van der Waals surface area contributed by atoms with E-state index < -0.39 is 0 Å². The average molecular weight is 310 g/mol. The van der Waals surface area contributed by atoms with E-state index in [1.165, 1.54) is 74.8 Å². The van der Waals surface area contributed by atoms with Gasteiger partial charge in [0.25, 0.3) is 11.8 Å². The van der Waals surface area contributed by atoms with Crippen LogP contribution in [0.5, 0.6) is 0 Å². The summed E-state index contributed by atoms with van der Waals surface area (Å²) in [6.45, 7) is 0.577. The third kappa shape index (κ3) is 8.30. The Balaban J connectivity index is 1.81. The topological polar surface area (TPSA) is 37.4 Å². The highest BCUT2D eigenvalue weighted by Gasteiger charge is 2.21. The van der Waals surface area contributed by atoms with Gasteiger partial charge in [0.15, 0.2) is 0 Å². The summed E-state index contributed by atoms with van der Waals surface area (Å²) < 4.78 is 0. The van der Waals surface area contributed by atoms with Crippen LogP contribution in [-0.4, -0.2) is 29.0 Å². The lowest BCUT2D eigenvalue weighted by Crippen LogP contribution is -2.30. The Hall–Kier alpha value is -0.770. The maximum Gasteiger partial charge on any atom is 0.253 e. The first-order valence-corrected chi connectivity index (χ1v) is 8.95. The van der Waals surface area contributed by atoms with Crippen molar-refractivity contribution >= 4 is 24.4 Å². The molecule has 0 bridgehead atoms. The molecule has 0 atom stereocenters. The van der Waals surface area contributed by atoms with E-state index in [0.29, 0.717) is 6.54 Å². The number of amides is 2. The first-order valence-electron chi connectivity index (χ1n) is 8.37. The molecular weight excluding hydrogens is 282 g/mol. The number of carbonyl (C=O) groups excluding carboxylic acids is 2. The van der Waals surface area contributed by atoms with Crippen molar-refractivity contribution in [1.29, 1.82) is 0 Å². The maximum absolute atomic E-state index is 11.3. The molecule has 1 radical (unpaired) electrons. The zero-order valence-electron chi connectivity index (χ0n) is 13.0. The molecule has 0 unspecified atom stereocenters. The fraction of sp³-hybridized carbons (Fsp3) is 0.765. The fourth-order valence-corrected chi connectivity index (χ4v) is 2.82. The molecule has 3 nitrogen and oxygen atoms in total. The largest absolute Gasteiger partial charge is 0.275 e. The molecule has 0 N–H and O–H groups in total. The number of nitrogens with zero attached hydrogens (tertiary/aromatic N) is 1. The summed E-state index contributed by atoms with van der Waals surface area (Å²) in [4.78, 5) is 24.0. The molecule has 0 aromatic carbocycles. The van der Waals surface area contributed by atoms with Crippen LogP contribution in [0.15, 0.2) is 12.2 Å². The normalized spacial score (nSPS) is 14.4. The minimum absolute atomic E-state index is 0.156. The van der Waals surface area contributed by atoms with Crippen molar-refractivity contribution in [3.05, 3.63) is 12.2 Å². The van der Waals surface area contributed by atoms with Gasteiger partial charge in [0, 0.05) is 24.4 Å². The fourth-order valence-electron chi connectivity index (χ4n) is 2.61. The summed E-state index contributed by atoms with van der Waals surface area (Å²) in [5.74, 6) is 0.595. The molecule has 4 heteroatoms. The monoisotopic (exact) mass is 310 g/mol. The van der Waals surface area contributed by atoms with Gasteiger partial charge in [-0.15, -0.1) is 0 Å². The smallest absolute Gasteiger partial charge is 0.253 e. The summed E-state index contributed by atoms with van der Waals surface area (Å²) >= 11 is 4.93. The zero-order chi connectivity index (χ0) is 15.3. The molecule has 1 aliphatic rings. The molecule has 0 saturated heterocycles. The molecule has 1 heterocycles. The third-order valence-corrected chi connectivity index (χ3v) is 4.22. The van der Waals surface area contributed by atoms with Crippen LogP contribution in [0.25, 0.3) is 0 Å². The van der Waals surface area contributed by atoms with Crippen LogP contribution in [0.4, 0.5) is 0 Å². The van der Waals surface area contributed by atoms with Gasteiger partial charge in [-0.3, -0.25) is 14.5 Å². The number of carbonyl (C=O) groups is 2. The Kier molecular flexibility index (Phi) is 10.3. The van der Waals surface area contributed by atoms with Gasteiger partial charge in [0.2, 0.25) is 0 Å². The number of rotatable bonds is 13.